The van der Waals surface area contributed by atoms with Crippen LogP contribution in [0.4, 0.5) is 5.69 Å². The quantitative estimate of drug-likeness (QED) is 0.736. The summed E-state index contributed by atoms with van der Waals surface area (Å²) in [6.07, 6.45) is 0. The molecule has 0 radical (unpaired) electrons. The van der Waals surface area contributed by atoms with Gasteiger partial charge in [0.15, 0.2) is 0 Å². The van der Waals surface area contributed by atoms with Crippen molar-refractivity contribution in [3.63, 3.8) is 0 Å². The summed E-state index contributed by atoms with van der Waals surface area (Å²) in [5, 5.41) is 0. The first-order valence-electron chi connectivity index (χ1n) is 7.80. The van der Waals surface area contributed by atoms with Gasteiger partial charge in [0, 0.05) is 19.8 Å². The summed E-state index contributed by atoms with van der Waals surface area (Å²) in [5.41, 5.74) is 0.644. The Labute approximate surface area is 153 Å². The fraction of sp³-hybridized carbons (Fsp3) is 0.278. The zero-order valence-corrected chi connectivity index (χ0v) is 16.0. The Bertz CT molecular complexity index is 848. The SMILES string of the molecule is COc1ccc(N(C)C(=O)CN(C)S(=O)(=O)c2ccc(OC)cc2)cc1. The Morgan fingerprint density at radius 3 is 1.81 bits per heavy atom. The van der Waals surface area contributed by atoms with Gasteiger partial charge in [-0.1, -0.05) is 0 Å². The largest absolute Gasteiger partial charge is 0.497 e. The number of benzene rings is 2. The molecular weight excluding hydrogens is 356 g/mol. The first-order chi connectivity index (χ1) is 12.3. The van der Waals surface area contributed by atoms with E-state index in [4.69, 9.17) is 9.47 Å². The molecule has 0 saturated heterocycles. The molecule has 0 N–H and O–H groups in total. The lowest BCUT2D eigenvalue weighted by Crippen LogP contribution is -2.39. The van der Waals surface area contributed by atoms with Crippen LogP contribution in [-0.4, -0.2) is 53.5 Å². The standard InChI is InChI=1S/C18H22N2O5S/c1-19(26(22,23)17-11-9-16(25-4)10-12-17)13-18(21)20(2)14-5-7-15(24-3)8-6-14/h5-12H,13H2,1-4H3. The van der Waals surface area contributed by atoms with Crippen LogP contribution in [0.15, 0.2) is 53.4 Å². The molecule has 140 valence electrons. The molecule has 0 saturated carbocycles. The number of ether oxygens (including phenoxy) is 2. The monoisotopic (exact) mass is 378 g/mol. The summed E-state index contributed by atoms with van der Waals surface area (Å²) in [7, 11) is 2.26. The van der Waals surface area contributed by atoms with Gasteiger partial charge in [0.25, 0.3) is 0 Å². The number of nitrogens with zero attached hydrogens (tertiary/aromatic N) is 2. The zero-order valence-electron chi connectivity index (χ0n) is 15.2. The van der Waals surface area contributed by atoms with Crippen molar-refractivity contribution < 1.29 is 22.7 Å². The highest BCUT2D eigenvalue weighted by Crippen LogP contribution is 2.20. The number of hydrogen-bond acceptors (Lipinski definition) is 5. The molecule has 0 bridgehead atoms. The highest BCUT2D eigenvalue weighted by molar-refractivity contribution is 7.89. The topological polar surface area (TPSA) is 76.2 Å². The Kier molecular flexibility index (Phi) is 6.23. The smallest absolute Gasteiger partial charge is 0.243 e. The van der Waals surface area contributed by atoms with Gasteiger partial charge in [-0.25, -0.2) is 8.42 Å². The van der Waals surface area contributed by atoms with Crippen LogP contribution in [0, 0.1) is 0 Å². The number of methoxy groups -OCH3 is 2. The van der Waals surface area contributed by atoms with E-state index in [0.717, 1.165) is 4.31 Å². The van der Waals surface area contributed by atoms with Gasteiger partial charge in [-0.2, -0.15) is 4.31 Å². The molecule has 0 aromatic heterocycles. The number of carbonyl (C=O) groups is 1. The van der Waals surface area contributed by atoms with Gasteiger partial charge < -0.3 is 14.4 Å². The van der Waals surface area contributed by atoms with E-state index in [2.05, 4.69) is 0 Å². The van der Waals surface area contributed by atoms with Crippen molar-refractivity contribution in [1.29, 1.82) is 0 Å². The fourth-order valence-corrected chi connectivity index (χ4v) is 3.38. The van der Waals surface area contributed by atoms with E-state index in [1.165, 1.54) is 31.2 Å². The second-order valence-corrected chi connectivity index (χ2v) is 7.63. The molecule has 2 aromatic rings. The normalized spacial score (nSPS) is 11.3. The molecule has 0 aliphatic heterocycles. The molecule has 2 aromatic carbocycles. The van der Waals surface area contributed by atoms with Crippen LogP contribution >= 0.6 is 0 Å². The molecule has 1 amide bonds. The summed E-state index contributed by atoms with van der Waals surface area (Å²) in [6, 6.07) is 12.9. The first kappa shape index (κ1) is 19.7. The van der Waals surface area contributed by atoms with Crippen molar-refractivity contribution in [3.05, 3.63) is 48.5 Å². The van der Waals surface area contributed by atoms with Crippen LogP contribution in [0.3, 0.4) is 0 Å². The van der Waals surface area contributed by atoms with Crippen molar-refractivity contribution in [2.75, 3.05) is 39.8 Å². The number of rotatable bonds is 7. The summed E-state index contributed by atoms with van der Waals surface area (Å²) >= 11 is 0. The van der Waals surface area contributed by atoms with Crippen molar-refractivity contribution in [1.82, 2.24) is 4.31 Å². The van der Waals surface area contributed by atoms with E-state index in [1.807, 2.05) is 0 Å². The molecule has 0 spiro atoms. The molecular formula is C18H22N2O5S. The van der Waals surface area contributed by atoms with E-state index >= 15 is 0 Å². The third kappa shape index (κ3) is 4.33. The number of carbonyl (C=O) groups excluding carboxylic acids is 1. The first-order valence-corrected chi connectivity index (χ1v) is 9.24. The second kappa shape index (κ2) is 8.20. The van der Waals surface area contributed by atoms with Gasteiger partial charge in [-0.3, -0.25) is 4.79 Å². The molecule has 7 nitrogen and oxygen atoms in total. The molecule has 0 heterocycles. The lowest BCUT2D eigenvalue weighted by atomic mass is 10.3. The average Bonchev–Trinajstić information content (AvgIpc) is 2.67. The summed E-state index contributed by atoms with van der Waals surface area (Å²) in [5.74, 6) is 0.880. The van der Waals surface area contributed by atoms with E-state index in [1.54, 1.807) is 50.6 Å². The Morgan fingerprint density at radius 2 is 1.35 bits per heavy atom. The minimum Gasteiger partial charge on any atom is -0.497 e. The number of anilines is 1. The average molecular weight is 378 g/mol. The molecule has 26 heavy (non-hydrogen) atoms. The molecule has 8 heteroatoms. The van der Waals surface area contributed by atoms with E-state index in [9.17, 15) is 13.2 Å². The van der Waals surface area contributed by atoms with Crippen LogP contribution in [-0.2, 0) is 14.8 Å². The van der Waals surface area contributed by atoms with Crippen molar-refractivity contribution in [2.24, 2.45) is 0 Å². The van der Waals surface area contributed by atoms with Crippen LogP contribution in [0.25, 0.3) is 0 Å². The minimum atomic E-state index is -3.78. The van der Waals surface area contributed by atoms with Gasteiger partial charge in [0.2, 0.25) is 15.9 Å². The third-order valence-corrected chi connectivity index (χ3v) is 5.78. The second-order valence-electron chi connectivity index (χ2n) is 5.59. The van der Waals surface area contributed by atoms with E-state index < -0.39 is 10.0 Å². The summed E-state index contributed by atoms with van der Waals surface area (Å²) in [6.45, 7) is -0.281. The molecule has 0 fully saturated rings. The van der Waals surface area contributed by atoms with Gasteiger partial charge in [0.1, 0.15) is 11.5 Å². The molecule has 0 atom stereocenters. The van der Waals surface area contributed by atoms with Gasteiger partial charge >= 0.3 is 0 Å². The predicted molar refractivity (Wildman–Crippen MR) is 99.2 cm³/mol. The number of hydrogen-bond donors (Lipinski definition) is 0. The maximum atomic E-state index is 12.6. The Morgan fingerprint density at radius 1 is 0.885 bits per heavy atom. The van der Waals surface area contributed by atoms with Crippen LogP contribution in [0.5, 0.6) is 11.5 Å². The Balaban J connectivity index is 2.10. The molecule has 0 aliphatic rings. The van der Waals surface area contributed by atoms with E-state index in [0.29, 0.717) is 17.2 Å². The number of amides is 1. The van der Waals surface area contributed by atoms with Crippen molar-refractivity contribution in [2.45, 2.75) is 4.90 Å². The van der Waals surface area contributed by atoms with Gasteiger partial charge in [0.05, 0.1) is 25.7 Å². The fourth-order valence-electron chi connectivity index (χ4n) is 2.26. The maximum absolute atomic E-state index is 12.6. The number of sulfonamides is 1. The van der Waals surface area contributed by atoms with Crippen molar-refractivity contribution in [3.8, 4) is 11.5 Å². The lowest BCUT2D eigenvalue weighted by Gasteiger charge is -2.22. The highest BCUT2D eigenvalue weighted by Gasteiger charge is 2.24. The van der Waals surface area contributed by atoms with Gasteiger partial charge in [-0.15, -0.1) is 0 Å². The third-order valence-electron chi connectivity index (χ3n) is 3.96. The highest BCUT2D eigenvalue weighted by atomic mass is 32.2. The van der Waals surface area contributed by atoms with Crippen LogP contribution < -0.4 is 14.4 Å². The van der Waals surface area contributed by atoms with E-state index in [-0.39, 0.29) is 17.3 Å². The van der Waals surface area contributed by atoms with Crippen LogP contribution in [0.1, 0.15) is 0 Å². The molecule has 0 unspecified atom stereocenters. The maximum Gasteiger partial charge on any atom is 0.243 e. The van der Waals surface area contributed by atoms with Crippen molar-refractivity contribution >= 4 is 21.6 Å². The predicted octanol–water partition coefficient (Wildman–Crippen LogP) is 1.99. The minimum absolute atomic E-state index is 0.0979. The number of likely N-dealkylation sites (N-methyl/N-ethyl adjacent to an activating group) is 2. The lowest BCUT2D eigenvalue weighted by molar-refractivity contribution is -0.118. The summed E-state index contributed by atoms with van der Waals surface area (Å²) < 4.78 is 36.4. The Hall–Kier alpha value is -2.58. The zero-order chi connectivity index (χ0) is 19.3. The molecule has 2 rings (SSSR count). The van der Waals surface area contributed by atoms with Gasteiger partial charge in [-0.05, 0) is 48.5 Å². The van der Waals surface area contributed by atoms with Crippen LogP contribution in [0.2, 0.25) is 0 Å². The molecule has 0 aliphatic carbocycles. The summed E-state index contributed by atoms with van der Waals surface area (Å²) in [4.78, 5) is 14.0.